The Morgan fingerprint density at radius 3 is 1.43 bits per heavy atom. The molecule has 1 aliphatic rings. The number of rotatable bonds is 5. The van der Waals surface area contributed by atoms with Crippen molar-refractivity contribution in [2.75, 3.05) is 0 Å². The molecule has 250 valence electrons. The van der Waals surface area contributed by atoms with Crippen LogP contribution in [0.4, 0.5) is 0 Å². The first-order chi connectivity index (χ1) is 26.7. The maximum absolute atomic E-state index is 5.16. The fourth-order valence-corrected chi connectivity index (χ4v) is 10.8. The summed E-state index contributed by atoms with van der Waals surface area (Å²) in [5.41, 5.74) is 10.2. The fraction of sp³-hybridized carbons (Fsp3) is 0. The first-order valence-corrected chi connectivity index (χ1v) is 19.7. The Morgan fingerprint density at radius 1 is 0.278 bits per heavy atom. The van der Waals surface area contributed by atoms with Gasteiger partial charge in [-0.15, -0.1) is 22.7 Å². The maximum Gasteiger partial charge on any atom is 0.164 e. The highest BCUT2D eigenvalue weighted by molar-refractivity contribution is 7.27. The molecule has 11 aromatic rings. The zero-order valence-corrected chi connectivity index (χ0v) is 30.4. The predicted molar refractivity (Wildman–Crippen MR) is 229 cm³/mol. The third-order valence-electron chi connectivity index (χ3n) is 10.8. The molecule has 0 bridgehead atoms. The van der Waals surface area contributed by atoms with E-state index in [9.17, 15) is 0 Å². The van der Waals surface area contributed by atoms with Gasteiger partial charge in [-0.1, -0.05) is 127 Å². The monoisotopic (exact) mass is 721 g/mol. The highest BCUT2D eigenvalue weighted by atomic mass is 32.1. The molecule has 3 nitrogen and oxygen atoms in total. The van der Waals surface area contributed by atoms with Gasteiger partial charge in [0, 0.05) is 62.4 Å². The molecule has 0 fully saturated rings. The van der Waals surface area contributed by atoms with Crippen molar-refractivity contribution in [3.8, 4) is 67.5 Å². The molecule has 0 N–H and O–H groups in total. The molecule has 0 spiro atoms. The summed E-state index contributed by atoms with van der Waals surface area (Å²) in [5.74, 6) is 1.95. The second-order valence-electron chi connectivity index (χ2n) is 13.9. The second-order valence-corrected chi connectivity index (χ2v) is 16.1. The highest BCUT2D eigenvalue weighted by Crippen LogP contribution is 2.54. The molecule has 0 radical (unpaired) electrons. The number of thiophene rings is 2. The minimum Gasteiger partial charge on any atom is -0.208 e. The van der Waals surface area contributed by atoms with E-state index >= 15 is 0 Å². The lowest BCUT2D eigenvalue weighted by Gasteiger charge is -2.13. The van der Waals surface area contributed by atoms with Gasteiger partial charge in [0.2, 0.25) is 0 Å². The van der Waals surface area contributed by atoms with E-state index in [4.69, 9.17) is 15.0 Å². The van der Waals surface area contributed by atoms with E-state index in [-0.39, 0.29) is 0 Å². The third-order valence-corrected chi connectivity index (χ3v) is 13.1. The van der Waals surface area contributed by atoms with Crippen LogP contribution >= 0.6 is 22.7 Å². The van der Waals surface area contributed by atoms with Crippen LogP contribution in [0.1, 0.15) is 0 Å². The lowest BCUT2D eigenvalue weighted by atomic mass is 9.92. The second kappa shape index (κ2) is 11.5. The van der Waals surface area contributed by atoms with Crippen molar-refractivity contribution in [3.63, 3.8) is 0 Å². The Kier molecular flexibility index (Phi) is 6.38. The van der Waals surface area contributed by atoms with E-state index in [1.807, 2.05) is 46.9 Å². The van der Waals surface area contributed by atoms with Gasteiger partial charge >= 0.3 is 0 Å². The van der Waals surface area contributed by atoms with E-state index in [2.05, 4.69) is 140 Å². The topological polar surface area (TPSA) is 38.7 Å². The Labute approximate surface area is 318 Å². The lowest BCUT2D eigenvalue weighted by Crippen LogP contribution is -2.00. The molecule has 0 saturated carbocycles. The summed E-state index contributed by atoms with van der Waals surface area (Å²) >= 11 is 3.80. The molecule has 0 saturated heterocycles. The largest absolute Gasteiger partial charge is 0.208 e. The van der Waals surface area contributed by atoms with Gasteiger partial charge in [-0.05, 0) is 75.2 Å². The molecule has 0 aliphatic heterocycles. The van der Waals surface area contributed by atoms with Gasteiger partial charge in [0.1, 0.15) is 0 Å². The molecular formula is C49H27N3S2. The van der Waals surface area contributed by atoms with Crippen molar-refractivity contribution in [3.05, 3.63) is 164 Å². The average molecular weight is 722 g/mol. The Balaban J connectivity index is 1.08. The average Bonchev–Trinajstić information content (AvgIpc) is 3.78. The minimum absolute atomic E-state index is 0.649. The SMILES string of the molecule is c1ccc(-c2cccc(-c3nc(-c4ccccc4)nc(-c4cccc(-c5cc6sc7cccc8c7c6c6c5ccc5sc7cccc-8c7c56)c4)n3)c2)cc1. The Hall–Kier alpha value is -6.53. The quantitative estimate of drug-likeness (QED) is 0.178. The number of nitrogens with zero attached hydrogens (tertiary/aromatic N) is 3. The Morgan fingerprint density at radius 2 is 0.759 bits per heavy atom. The normalized spacial score (nSPS) is 12.1. The Bertz CT molecular complexity index is 3300. The van der Waals surface area contributed by atoms with Crippen molar-refractivity contribution < 1.29 is 0 Å². The van der Waals surface area contributed by atoms with Crippen LogP contribution < -0.4 is 0 Å². The fourth-order valence-electron chi connectivity index (χ4n) is 8.45. The molecule has 12 rings (SSSR count). The van der Waals surface area contributed by atoms with Crippen LogP contribution in [0.15, 0.2) is 164 Å². The lowest BCUT2D eigenvalue weighted by molar-refractivity contribution is 1.07. The minimum atomic E-state index is 0.649. The summed E-state index contributed by atoms with van der Waals surface area (Å²) in [6, 6.07) is 58.6. The molecule has 3 heterocycles. The molecule has 8 aromatic carbocycles. The van der Waals surface area contributed by atoms with Crippen molar-refractivity contribution in [1.29, 1.82) is 0 Å². The van der Waals surface area contributed by atoms with Crippen molar-refractivity contribution in [2.24, 2.45) is 0 Å². The predicted octanol–water partition coefficient (Wildman–Crippen LogP) is 14.1. The molecule has 0 unspecified atom stereocenters. The highest BCUT2D eigenvalue weighted by Gasteiger charge is 2.25. The van der Waals surface area contributed by atoms with E-state index < -0.39 is 0 Å². The van der Waals surface area contributed by atoms with Crippen molar-refractivity contribution >= 4 is 73.8 Å². The van der Waals surface area contributed by atoms with Crippen LogP contribution in [0, 0.1) is 0 Å². The summed E-state index contributed by atoms with van der Waals surface area (Å²) in [6.45, 7) is 0. The number of fused-ring (bicyclic) bond motifs is 1. The summed E-state index contributed by atoms with van der Waals surface area (Å²) in [5, 5.41) is 8.17. The zero-order valence-electron chi connectivity index (χ0n) is 28.7. The maximum atomic E-state index is 5.16. The van der Waals surface area contributed by atoms with Crippen LogP contribution in [-0.4, -0.2) is 15.0 Å². The van der Waals surface area contributed by atoms with E-state index in [1.54, 1.807) is 0 Å². The molecule has 0 atom stereocenters. The summed E-state index contributed by atoms with van der Waals surface area (Å²) < 4.78 is 5.33. The smallest absolute Gasteiger partial charge is 0.164 e. The molecule has 5 heteroatoms. The van der Waals surface area contributed by atoms with Gasteiger partial charge in [-0.3, -0.25) is 0 Å². The first kappa shape index (κ1) is 30.0. The van der Waals surface area contributed by atoms with Crippen LogP contribution in [0.2, 0.25) is 0 Å². The van der Waals surface area contributed by atoms with Gasteiger partial charge in [-0.25, -0.2) is 15.0 Å². The summed E-state index contributed by atoms with van der Waals surface area (Å²) in [4.78, 5) is 15.3. The van der Waals surface area contributed by atoms with Gasteiger partial charge in [-0.2, -0.15) is 0 Å². The van der Waals surface area contributed by atoms with Gasteiger partial charge in [0.15, 0.2) is 17.5 Å². The van der Waals surface area contributed by atoms with E-state index in [0.29, 0.717) is 17.5 Å². The van der Waals surface area contributed by atoms with Crippen molar-refractivity contribution in [1.82, 2.24) is 15.0 Å². The molecule has 3 aromatic heterocycles. The molecule has 1 aliphatic carbocycles. The zero-order chi connectivity index (χ0) is 35.3. The number of benzene rings is 8. The number of hydrogen-bond donors (Lipinski definition) is 0. The van der Waals surface area contributed by atoms with E-state index in [1.165, 1.54) is 67.8 Å². The molecular weight excluding hydrogens is 695 g/mol. The van der Waals surface area contributed by atoms with Crippen LogP contribution in [-0.2, 0) is 0 Å². The van der Waals surface area contributed by atoms with Gasteiger partial charge in [0.05, 0.1) is 0 Å². The van der Waals surface area contributed by atoms with Crippen molar-refractivity contribution in [2.45, 2.75) is 0 Å². The number of aromatic nitrogens is 3. The van der Waals surface area contributed by atoms with Gasteiger partial charge < -0.3 is 0 Å². The van der Waals surface area contributed by atoms with Crippen LogP contribution in [0.3, 0.4) is 0 Å². The molecule has 54 heavy (non-hydrogen) atoms. The first-order valence-electron chi connectivity index (χ1n) is 18.1. The summed E-state index contributed by atoms with van der Waals surface area (Å²) in [6.07, 6.45) is 0. The third kappa shape index (κ3) is 4.43. The number of hydrogen-bond acceptors (Lipinski definition) is 5. The van der Waals surface area contributed by atoms with Crippen LogP contribution in [0.5, 0.6) is 0 Å². The molecule has 0 amide bonds. The standard InChI is InChI=1S/C49H27N3S2/c1-3-11-28(12-4-1)30-15-7-17-32(25-30)48-50-47(29-13-5-2-6-14-29)51-49(52-48)33-18-8-16-31(26-33)37-27-41-46-43-35(20-10-22-39(43)54-41)34-19-9-21-38-42(34)45-40(53-38)24-23-36(37)44(45)46/h1-27H. The van der Waals surface area contributed by atoms with Crippen LogP contribution in [0.25, 0.3) is 119 Å². The van der Waals surface area contributed by atoms with Gasteiger partial charge in [0.25, 0.3) is 0 Å². The van der Waals surface area contributed by atoms with E-state index in [0.717, 1.165) is 33.4 Å². The summed E-state index contributed by atoms with van der Waals surface area (Å²) in [7, 11) is 0.